The molecule has 0 amide bonds. The zero-order valence-electron chi connectivity index (χ0n) is 12.9. The molecule has 1 aromatic carbocycles. The Labute approximate surface area is 137 Å². The van der Waals surface area contributed by atoms with Gasteiger partial charge in [-0.1, -0.05) is 6.07 Å². The van der Waals surface area contributed by atoms with Gasteiger partial charge in [0.05, 0.1) is 14.2 Å². The highest BCUT2D eigenvalue weighted by Crippen LogP contribution is 2.39. The molecule has 132 valence electrons. The van der Waals surface area contributed by atoms with Crippen molar-refractivity contribution in [3.05, 3.63) is 47.6 Å². The van der Waals surface area contributed by atoms with Gasteiger partial charge in [0.2, 0.25) is 10.0 Å². The average molecular weight is 363 g/mol. The fraction of sp³-hybridized carbons (Fsp3) is 0.333. The van der Waals surface area contributed by atoms with Crippen LogP contribution in [0.5, 0.6) is 11.5 Å². The molecule has 0 heterocycles. The quantitative estimate of drug-likeness (QED) is 0.871. The summed E-state index contributed by atoms with van der Waals surface area (Å²) in [5, 5.41) is 2.92. The third kappa shape index (κ3) is 3.57. The zero-order valence-corrected chi connectivity index (χ0v) is 13.7. The number of hydrogen-bond donors (Lipinski definition) is 1. The zero-order chi connectivity index (χ0) is 18.1. The van der Waals surface area contributed by atoms with Crippen LogP contribution < -0.4 is 14.6 Å². The Morgan fingerprint density at radius 2 is 1.88 bits per heavy atom. The summed E-state index contributed by atoms with van der Waals surface area (Å²) in [6, 6.07) is 4.41. The van der Waals surface area contributed by atoms with E-state index in [4.69, 9.17) is 14.6 Å². The summed E-state index contributed by atoms with van der Waals surface area (Å²) in [6.07, 6.45) is 0.0419. The largest absolute Gasteiger partial charge is 0.497 e. The van der Waals surface area contributed by atoms with E-state index in [-0.39, 0.29) is 11.3 Å². The van der Waals surface area contributed by atoms with Gasteiger partial charge in [-0.3, -0.25) is 0 Å². The van der Waals surface area contributed by atoms with Gasteiger partial charge in [0.25, 0.3) is 0 Å². The highest BCUT2D eigenvalue weighted by atomic mass is 32.2. The number of hydrogen-bond acceptors (Lipinski definition) is 4. The molecule has 9 heteroatoms. The van der Waals surface area contributed by atoms with Crippen LogP contribution in [0.2, 0.25) is 0 Å². The fourth-order valence-corrected chi connectivity index (χ4v) is 3.53. The Hall–Kier alpha value is -2.00. The molecular weight excluding hydrogens is 347 g/mol. The lowest BCUT2D eigenvalue weighted by molar-refractivity contribution is 0.221. The maximum Gasteiger partial charge on any atom is 0.219 e. The number of sulfonamides is 1. The van der Waals surface area contributed by atoms with Gasteiger partial charge >= 0.3 is 0 Å². The first-order valence-electron chi connectivity index (χ1n) is 6.78. The van der Waals surface area contributed by atoms with Crippen molar-refractivity contribution in [3.8, 4) is 11.5 Å². The molecule has 0 radical (unpaired) electrons. The first-order valence-corrected chi connectivity index (χ1v) is 8.39. The molecule has 0 saturated heterocycles. The number of benzene rings is 1. The second kappa shape index (κ2) is 6.48. The highest BCUT2D eigenvalue weighted by molar-refractivity contribution is 7.90. The second-order valence-electron chi connectivity index (χ2n) is 5.30. The van der Waals surface area contributed by atoms with Crippen molar-refractivity contribution >= 4 is 10.0 Å². The summed E-state index contributed by atoms with van der Waals surface area (Å²) in [6.45, 7) is 0. The van der Waals surface area contributed by atoms with Crippen LogP contribution in [0.15, 0.2) is 42.0 Å². The van der Waals surface area contributed by atoms with Crippen molar-refractivity contribution in [2.45, 2.75) is 17.3 Å². The molecule has 0 aliphatic heterocycles. The molecule has 1 aliphatic carbocycles. The fourth-order valence-electron chi connectivity index (χ4n) is 2.52. The molecule has 0 bridgehead atoms. The van der Waals surface area contributed by atoms with Crippen LogP contribution in [-0.2, 0) is 16.4 Å². The third-order valence-electron chi connectivity index (χ3n) is 3.68. The van der Waals surface area contributed by atoms with E-state index in [1.165, 1.54) is 32.4 Å². The summed E-state index contributed by atoms with van der Waals surface area (Å²) in [4.78, 5) is 0. The van der Waals surface area contributed by atoms with E-state index >= 15 is 4.39 Å². The maximum atomic E-state index is 15.3. The molecule has 24 heavy (non-hydrogen) atoms. The van der Waals surface area contributed by atoms with Crippen LogP contribution in [0.25, 0.3) is 0 Å². The molecule has 1 aliphatic rings. The summed E-state index contributed by atoms with van der Waals surface area (Å²) in [7, 11) is -1.75. The van der Waals surface area contributed by atoms with Gasteiger partial charge in [0, 0.05) is 12.5 Å². The number of rotatable bonds is 5. The number of halogens is 3. The van der Waals surface area contributed by atoms with Crippen LogP contribution in [0.3, 0.4) is 0 Å². The number of primary sulfonamides is 1. The minimum atomic E-state index is -4.51. The number of ether oxygens (including phenoxy) is 2. The molecule has 1 aromatic rings. The Bertz CT molecular complexity index is 807. The predicted molar refractivity (Wildman–Crippen MR) is 82.4 cm³/mol. The normalized spacial score (nSPS) is 24.2. The van der Waals surface area contributed by atoms with E-state index in [9.17, 15) is 17.2 Å². The van der Waals surface area contributed by atoms with Crippen LogP contribution in [0, 0.1) is 0 Å². The Kier molecular flexibility index (Phi) is 4.95. The van der Waals surface area contributed by atoms with Crippen LogP contribution >= 0.6 is 0 Å². The van der Waals surface area contributed by atoms with Crippen LogP contribution in [0.4, 0.5) is 13.2 Å². The monoisotopic (exact) mass is 363 g/mol. The van der Waals surface area contributed by atoms with E-state index in [1.807, 2.05) is 0 Å². The topological polar surface area (TPSA) is 78.6 Å². The predicted octanol–water partition coefficient (Wildman–Crippen LogP) is 2.33. The first kappa shape index (κ1) is 18.3. The van der Waals surface area contributed by atoms with Crippen molar-refractivity contribution in [1.29, 1.82) is 0 Å². The van der Waals surface area contributed by atoms with Crippen molar-refractivity contribution in [1.82, 2.24) is 0 Å². The summed E-state index contributed by atoms with van der Waals surface area (Å²) >= 11 is 0. The average Bonchev–Trinajstić information content (AvgIpc) is 2.50. The Morgan fingerprint density at radius 3 is 2.42 bits per heavy atom. The van der Waals surface area contributed by atoms with E-state index < -0.39 is 39.0 Å². The van der Waals surface area contributed by atoms with Crippen molar-refractivity contribution < 1.29 is 31.1 Å². The number of allylic oxidation sites excluding steroid dienone is 3. The van der Waals surface area contributed by atoms with Gasteiger partial charge in [-0.25, -0.2) is 26.7 Å². The molecule has 2 unspecified atom stereocenters. The summed E-state index contributed by atoms with van der Waals surface area (Å²) in [5.74, 6) is -2.31. The molecule has 2 rings (SSSR count). The van der Waals surface area contributed by atoms with Crippen molar-refractivity contribution in [3.63, 3.8) is 0 Å². The Balaban J connectivity index is 2.49. The molecule has 5 nitrogen and oxygen atoms in total. The second-order valence-corrected chi connectivity index (χ2v) is 6.98. The molecule has 2 N–H and O–H groups in total. The van der Waals surface area contributed by atoms with Crippen LogP contribution in [-0.4, -0.2) is 33.6 Å². The van der Waals surface area contributed by atoms with Crippen LogP contribution in [0.1, 0.15) is 5.56 Å². The number of nitrogens with two attached hydrogens (primary N) is 1. The lowest BCUT2D eigenvalue weighted by Crippen LogP contribution is -2.47. The van der Waals surface area contributed by atoms with E-state index in [1.54, 1.807) is 0 Å². The third-order valence-corrected chi connectivity index (χ3v) is 4.91. The molecule has 0 saturated carbocycles. The van der Waals surface area contributed by atoms with E-state index in [0.717, 1.165) is 0 Å². The van der Waals surface area contributed by atoms with Crippen molar-refractivity contribution in [2.75, 3.05) is 14.2 Å². The van der Waals surface area contributed by atoms with Gasteiger partial charge < -0.3 is 9.47 Å². The van der Waals surface area contributed by atoms with Gasteiger partial charge in [-0.05, 0) is 23.8 Å². The summed E-state index contributed by atoms with van der Waals surface area (Å²) in [5.41, 5.74) is -2.52. The molecular formula is C15H16F3NO4S. The van der Waals surface area contributed by atoms with E-state index in [0.29, 0.717) is 17.9 Å². The standard InChI is InChI=1S/C15H16F3NO4S/c1-22-10-4-3-9(13(5-10)23-2)7-15(18)8-12(17)11(16)6-14(15)24(19,20)21/h3-6,8,14H,7H2,1-2H3,(H2,19,20,21). The van der Waals surface area contributed by atoms with E-state index in [2.05, 4.69) is 0 Å². The first-order chi connectivity index (χ1) is 11.1. The maximum absolute atomic E-state index is 15.3. The lowest BCUT2D eigenvalue weighted by Gasteiger charge is -2.30. The minimum absolute atomic E-state index is 0.211. The lowest BCUT2D eigenvalue weighted by atomic mass is 9.88. The van der Waals surface area contributed by atoms with Gasteiger partial charge in [-0.2, -0.15) is 0 Å². The molecule has 0 fully saturated rings. The van der Waals surface area contributed by atoms with Gasteiger partial charge in [0.15, 0.2) is 17.3 Å². The SMILES string of the molecule is COc1ccc(CC2(F)C=C(F)C(F)=CC2S(N)(=O)=O)c(OC)c1. The highest BCUT2D eigenvalue weighted by Gasteiger charge is 2.47. The molecule has 0 spiro atoms. The van der Waals surface area contributed by atoms with Gasteiger partial charge in [-0.15, -0.1) is 0 Å². The number of methoxy groups -OCH3 is 2. The Morgan fingerprint density at radius 1 is 1.21 bits per heavy atom. The summed E-state index contributed by atoms with van der Waals surface area (Å²) < 4.78 is 75.5. The van der Waals surface area contributed by atoms with Crippen molar-refractivity contribution in [2.24, 2.45) is 5.14 Å². The molecule has 2 atom stereocenters. The van der Waals surface area contributed by atoms with Gasteiger partial charge in [0.1, 0.15) is 16.7 Å². The smallest absolute Gasteiger partial charge is 0.219 e. The minimum Gasteiger partial charge on any atom is -0.497 e. The number of alkyl halides is 1. The molecule has 0 aromatic heterocycles.